The summed E-state index contributed by atoms with van der Waals surface area (Å²) < 4.78 is 2.08. The molecule has 0 spiro atoms. The number of para-hydroxylation sites is 1. The molecule has 2 aromatic carbocycles. The number of carboxylic acids is 1. The van der Waals surface area contributed by atoms with Crippen molar-refractivity contribution in [2.45, 2.75) is 31.7 Å². The lowest BCUT2D eigenvalue weighted by atomic mass is 9.88. The molecule has 5 heteroatoms. The van der Waals surface area contributed by atoms with Gasteiger partial charge >= 0.3 is 5.97 Å². The highest BCUT2D eigenvalue weighted by atomic mass is 16.4. The van der Waals surface area contributed by atoms with E-state index in [0.717, 1.165) is 23.0 Å². The number of amides is 1. The highest BCUT2D eigenvalue weighted by Crippen LogP contribution is 2.36. The molecule has 5 nitrogen and oxygen atoms in total. The summed E-state index contributed by atoms with van der Waals surface area (Å²) in [7, 11) is 0. The van der Waals surface area contributed by atoms with Gasteiger partial charge in [-0.3, -0.25) is 9.59 Å². The molecule has 0 bridgehead atoms. The van der Waals surface area contributed by atoms with E-state index in [1.54, 1.807) is 12.1 Å². The Hall–Kier alpha value is -3.08. The third-order valence-electron chi connectivity index (χ3n) is 5.66. The molecule has 4 rings (SSSR count). The first-order chi connectivity index (χ1) is 13.0. The van der Waals surface area contributed by atoms with Gasteiger partial charge in [0.05, 0.1) is 17.0 Å². The minimum atomic E-state index is -0.842. The molecule has 1 heterocycles. The van der Waals surface area contributed by atoms with Gasteiger partial charge in [-0.1, -0.05) is 24.6 Å². The van der Waals surface area contributed by atoms with Crippen molar-refractivity contribution in [2.75, 3.05) is 0 Å². The summed E-state index contributed by atoms with van der Waals surface area (Å²) in [6.45, 7) is 1.83. The van der Waals surface area contributed by atoms with Crippen molar-refractivity contribution in [1.29, 1.82) is 0 Å². The lowest BCUT2D eigenvalue weighted by Gasteiger charge is -2.30. The fourth-order valence-corrected chi connectivity index (χ4v) is 4.12. The van der Waals surface area contributed by atoms with Crippen LogP contribution >= 0.6 is 0 Å². The summed E-state index contributed by atoms with van der Waals surface area (Å²) in [5.74, 6) is -1.60. The van der Waals surface area contributed by atoms with Gasteiger partial charge in [0.25, 0.3) is 5.91 Å². The van der Waals surface area contributed by atoms with E-state index in [-0.39, 0.29) is 5.91 Å². The molecule has 0 unspecified atom stereocenters. The zero-order valence-corrected chi connectivity index (χ0v) is 15.2. The van der Waals surface area contributed by atoms with Crippen LogP contribution < -0.4 is 5.32 Å². The van der Waals surface area contributed by atoms with E-state index in [4.69, 9.17) is 0 Å². The monoisotopic (exact) mass is 362 g/mol. The van der Waals surface area contributed by atoms with Crippen molar-refractivity contribution in [3.8, 4) is 5.69 Å². The number of nitrogens with zero attached hydrogens (tertiary/aromatic N) is 1. The largest absolute Gasteiger partial charge is 0.481 e. The topological polar surface area (TPSA) is 71.3 Å². The SMILES string of the molecule is C[C@]1(NC(=O)c2ccc(-n3ccc4ccccc43)cc2)CCC[C@H]1C(=O)O. The van der Waals surface area contributed by atoms with E-state index < -0.39 is 17.4 Å². The van der Waals surface area contributed by atoms with E-state index in [9.17, 15) is 14.7 Å². The Morgan fingerprint density at radius 3 is 2.59 bits per heavy atom. The third kappa shape index (κ3) is 3.10. The number of fused-ring (bicyclic) bond motifs is 1. The van der Waals surface area contributed by atoms with E-state index in [1.807, 2.05) is 37.4 Å². The Balaban J connectivity index is 1.55. The van der Waals surface area contributed by atoms with Crippen molar-refractivity contribution in [3.63, 3.8) is 0 Å². The van der Waals surface area contributed by atoms with Crippen molar-refractivity contribution in [2.24, 2.45) is 5.92 Å². The molecular formula is C22H22N2O3. The number of benzene rings is 2. The molecule has 0 radical (unpaired) electrons. The molecule has 138 valence electrons. The summed E-state index contributed by atoms with van der Waals surface area (Å²) in [6.07, 6.45) is 4.11. The van der Waals surface area contributed by atoms with E-state index in [2.05, 4.69) is 28.1 Å². The summed E-state index contributed by atoms with van der Waals surface area (Å²) in [5.41, 5.74) is 1.92. The maximum Gasteiger partial charge on any atom is 0.308 e. The second-order valence-electron chi connectivity index (χ2n) is 7.45. The Morgan fingerprint density at radius 1 is 1.11 bits per heavy atom. The average molecular weight is 362 g/mol. The van der Waals surface area contributed by atoms with E-state index >= 15 is 0 Å². The fraction of sp³-hybridized carbons (Fsp3) is 0.273. The number of carbonyl (C=O) groups is 2. The zero-order valence-electron chi connectivity index (χ0n) is 15.2. The zero-order chi connectivity index (χ0) is 19.0. The van der Waals surface area contributed by atoms with E-state index in [1.165, 1.54) is 0 Å². The Morgan fingerprint density at radius 2 is 1.85 bits per heavy atom. The smallest absolute Gasteiger partial charge is 0.308 e. The molecule has 2 N–H and O–H groups in total. The van der Waals surface area contributed by atoms with Gasteiger partial charge in [0, 0.05) is 17.4 Å². The fourth-order valence-electron chi connectivity index (χ4n) is 4.12. The molecule has 1 saturated carbocycles. The van der Waals surface area contributed by atoms with Crippen LogP contribution in [0.25, 0.3) is 16.6 Å². The van der Waals surface area contributed by atoms with Gasteiger partial charge in [-0.15, -0.1) is 0 Å². The van der Waals surface area contributed by atoms with Crippen LogP contribution in [0.2, 0.25) is 0 Å². The maximum atomic E-state index is 12.7. The van der Waals surface area contributed by atoms with Crippen LogP contribution in [0.4, 0.5) is 0 Å². The van der Waals surface area contributed by atoms with Crippen LogP contribution in [-0.2, 0) is 4.79 Å². The first-order valence-corrected chi connectivity index (χ1v) is 9.20. The number of hydrogen-bond acceptors (Lipinski definition) is 2. The number of nitrogens with one attached hydrogen (secondary N) is 1. The Kier molecular flexibility index (Phi) is 4.22. The van der Waals surface area contributed by atoms with Crippen LogP contribution in [0, 0.1) is 5.92 Å². The average Bonchev–Trinajstić information content (AvgIpc) is 3.25. The first-order valence-electron chi connectivity index (χ1n) is 9.20. The molecular weight excluding hydrogens is 340 g/mol. The van der Waals surface area contributed by atoms with Gasteiger partial charge < -0.3 is 15.0 Å². The van der Waals surface area contributed by atoms with Gasteiger partial charge in [-0.05, 0) is 61.5 Å². The first kappa shape index (κ1) is 17.3. The van der Waals surface area contributed by atoms with Gasteiger partial charge in [-0.25, -0.2) is 0 Å². The van der Waals surface area contributed by atoms with Gasteiger partial charge in [0.2, 0.25) is 0 Å². The number of hydrogen-bond donors (Lipinski definition) is 2. The second-order valence-corrected chi connectivity index (χ2v) is 7.45. The minimum Gasteiger partial charge on any atom is -0.481 e. The Labute approximate surface area is 157 Å². The van der Waals surface area contributed by atoms with Crippen LogP contribution in [0.3, 0.4) is 0 Å². The quantitative estimate of drug-likeness (QED) is 0.737. The number of carbonyl (C=O) groups excluding carboxylic acids is 1. The highest BCUT2D eigenvalue weighted by molar-refractivity contribution is 5.95. The van der Waals surface area contributed by atoms with Crippen LogP contribution in [0.15, 0.2) is 60.8 Å². The number of carboxylic acid groups (broad SMARTS) is 1. The molecule has 0 aliphatic heterocycles. The van der Waals surface area contributed by atoms with Crippen molar-refractivity contribution in [1.82, 2.24) is 9.88 Å². The molecule has 27 heavy (non-hydrogen) atoms. The van der Waals surface area contributed by atoms with Crippen molar-refractivity contribution >= 4 is 22.8 Å². The third-order valence-corrected chi connectivity index (χ3v) is 5.66. The lowest BCUT2D eigenvalue weighted by Crippen LogP contribution is -2.50. The summed E-state index contributed by atoms with van der Waals surface area (Å²) in [5, 5.41) is 13.5. The second kappa shape index (κ2) is 6.58. The molecule has 1 amide bonds. The molecule has 3 aromatic rings. The molecule has 2 atom stereocenters. The van der Waals surface area contributed by atoms with Gasteiger partial charge in [0.15, 0.2) is 0 Å². The molecule has 0 saturated heterocycles. The van der Waals surface area contributed by atoms with Crippen molar-refractivity contribution in [3.05, 3.63) is 66.4 Å². The molecule has 1 aliphatic carbocycles. The molecule has 1 aliphatic rings. The molecule has 1 aromatic heterocycles. The van der Waals surface area contributed by atoms with Crippen LogP contribution in [-0.4, -0.2) is 27.1 Å². The Bertz CT molecular complexity index is 1010. The number of aromatic nitrogens is 1. The lowest BCUT2D eigenvalue weighted by molar-refractivity contribution is -0.143. The minimum absolute atomic E-state index is 0.227. The van der Waals surface area contributed by atoms with Crippen LogP contribution in [0.5, 0.6) is 0 Å². The van der Waals surface area contributed by atoms with Crippen LogP contribution in [0.1, 0.15) is 36.5 Å². The standard InChI is InChI=1S/C22H22N2O3/c1-22(13-4-6-18(22)21(26)27)23-20(25)16-8-10-17(11-9-16)24-14-12-15-5-2-3-7-19(15)24/h2-3,5,7-12,14,18H,4,6,13H2,1H3,(H,23,25)(H,26,27)/t18-,22-/m0/s1. The predicted octanol–water partition coefficient (Wildman–Crippen LogP) is 4.00. The summed E-state index contributed by atoms with van der Waals surface area (Å²) in [4.78, 5) is 24.1. The summed E-state index contributed by atoms with van der Waals surface area (Å²) in [6, 6.07) is 17.6. The molecule has 1 fully saturated rings. The van der Waals surface area contributed by atoms with Gasteiger partial charge in [0.1, 0.15) is 0 Å². The van der Waals surface area contributed by atoms with Crippen molar-refractivity contribution < 1.29 is 14.7 Å². The predicted molar refractivity (Wildman–Crippen MR) is 104 cm³/mol. The highest BCUT2D eigenvalue weighted by Gasteiger charge is 2.44. The number of rotatable bonds is 4. The number of aliphatic carboxylic acids is 1. The normalized spacial score (nSPS) is 22.0. The van der Waals surface area contributed by atoms with Gasteiger partial charge in [-0.2, -0.15) is 0 Å². The van der Waals surface area contributed by atoms with E-state index in [0.29, 0.717) is 18.4 Å². The summed E-state index contributed by atoms with van der Waals surface area (Å²) >= 11 is 0. The maximum absolute atomic E-state index is 12.7.